The Morgan fingerprint density at radius 2 is 2.00 bits per heavy atom. The zero-order chi connectivity index (χ0) is 16.1. The van der Waals surface area contributed by atoms with Gasteiger partial charge in [0.05, 0.1) is 0 Å². The van der Waals surface area contributed by atoms with E-state index in [-0.39, 0.29) is 29.6 Å². The fraction of sp³-hybridized carbons (Fsp3) is 0.429. The van der Waals surface area contributed by atoms with Gasteiger partial charge in [-0.2, -0.15) is 13.2 Å². The van der Waals surface area contributed by atoms with E-state index in [9.17, 15) is 18.0 Å². The van der Waals surface area contributed by atoms with Crippen molar-refractivity contribution in [2.75, 3.05) is 13.1 Å². The fourth-order valence-electron chi connectivity index (χ4n) is 3.26. The minimum Gasteiger partial charge on any atom is -0.410 e. The smallest absolute Gasteiger partial charge is 0.410 e. The first kappa shape index (κ1) is 15.1. The topological polar surface area (TPSA) is 52.9 Å². The molecule has 1 saturated carbocycles. The van der Waals surface area contributed by atoms with Crippen LogP contribution in [0.3, 0.4) is 0 Å². The molecular weight excluding hydrogens is 321 g/mol. The van der Waals surface area contributed by atoms with E-state index in [1.54, 1.807) is 24.3 Å². The maximum Gasteiger partial charge on any atom is 0.471 e. The number of hydrogen-bond donors (Lipinski definition) is 1. The SMILES string of the molecule is O=C(N1C[C@H]2C[C@@]2(c2ccc(/C(Cl)=N/O)cc2)C1)C(F)(F)F. The number of piperidine rings is 1. The van der Waals surface area contributed by atoms with Crippen LogP contribution in [0.5, 0.6) is 0 Å². The summed E-state index contributed by atoms with van der Waals surface area (Å²) in [6.45, 7) is 0.218. The van der Waals surface area contributed by atoms with Gasteiger partial charge in [0.25, 0.3) is 0 Å². The van der Waals surface area contributed by atoms with Crippen LogP contribution in [0.4, 0.5) is 13.2 Å². The summed E-state index contributed by atoms with van der Waals surface area (Å²) in [5, 5.41) is 11.4. The van der Waals surface area contributed by atoms with Gasteiger partial charge in [-0.3, -0.25) is 4.79 Å². The number of nitrogens with zero attached hydrogens (tertiary/aromatic N) is 2. The number of fused-ring (bicyclic) bond motifs is 1. The summed E-state index contributed by atoms with van der Waals surface area (Å²) in [4.78, 5) is 12.2. The maximum atomic E-state index is 12.5. The van der Waals surface area contributed by atoms with Crippen molar-refractivity contribution in [2.24, 2.45) is 11.1 Å². The average Bonchev–Trinajstić information content (AvgIpc) is 3.07. The van der Waals surface area contributed by atoms with E-state index >= 15 is 0 Å². The van der Waals surface area contributed by atoms with E-state index in [4.69, 9.17) is 16.8 Å². The van der Waals surface area contributed by atoms with Crippen LogP contribution in [-0.2, 0) is 10.2 Å². The van der Waals surface area contributed by atoms with Crippen molar-refractivity contribution >= 4 is 22.7 Å². The predicted octanol–water partition coefficient (Wildman–Crippen LogP) is 2.72. The Balaban J connectivity index is 1.78. The molecule has 8 heteroatoms. The van der Waals surface area contributed by atoms with E-state index < -0.39 is 12.1 Å². The van der Waals surface area contributed by atoms with E-state index in [0.29, 0.717) is 5.56 Å². The quantitative estimate of drug-likeness (QED) is 0.514. The number of oxime groups is 1. The number of alkyl halides is 3. The number of benzene rings is 1. The molecule has 1 N–H and O–H groups in total. The Morgan fingerprint density at radius 3 is 2.55 bits per heavy atom. The molecule has 1 aliphatic carbocycles. The van der Waals surface area contributed by atoms with Gasteiger partial charge < -0.3 is 10.1 Å². The molecule has 1 saturated heterocycles. The van der Waals surface area contributed by atoms with Crippen molar-refractivity contribution in [3.8, 4) is 0 Å². The van der Waals surface area contributed by atoms with Gasteiger partial charge in [0.1, 0.15) is 0 Å². The summed E-state index contributed by atoms with van der Waals surface area (Å²) in [5.74, 6) is -1.71. The van der Waals surface area contributed by atoms with Gasteiger partial charge in [0.2, 0.25) is 0 Å². The summed E-state index contributed by atoms with van der Waals surface area (Å²) in [7, 11) is 0. The van der Waals surface area contributed by atoms with Gasteiger partial charge in [0.15, 0.2) is 5.17 Å². The Kier molecular flexibility index (Phi) is 3.36. The van der Waals surface area contributed by atoms with Crippen LogP contribution in [0.15, 0.2) is 29.4 Å². The lowest BCUT2D eigenvalue weighted by atomic mass is 9.94. The molecule has 0 spiro atoms. The molecule has 2 atom stereocenters. The van der Waals surface area contributed by atoms with Crippen molar-refractivity contribution < 1.29 is 23.2 Å². The normalized spacial score (nSPS) is 27.7. The van der Waals surface area contributed by atoms with E-state index in [1.807, 2.05) is 0 Å². The largest absolute Gasteiger partial charge is 0.471 e. The highest BCUT2D eigenvalue weighted by Crippen LogP contribution is 2.59. The molecule has 2 aliphatic rings. The summed E-state index contributed by atoms with van der Waals surface area (Å²) < 4.78 is 37.5. The average molecular weight is 333 g/mol. The summed E-state index contributed by atoms with van der Waals surface area (Å²) in [6, 6.07) is 6.81. The molecule has 0 bridgehead atoms. The minimum atomic E-state index is -4.83. The number of rotatable bonds is 2. The molecule has 0 aromatic heterocycles. The highest BCUT2D eigenvalue weighted by atomic mass is 35.5. The summed E-state index contributed by atoms with van der Waals surface area (Å²) in [5.41, 5.74) is 1.01. The first-order chi connectivity index (χ1) is 10.3. The first-order valence-corrected chi connectivity index (χ1v) is 7.00. The lowest BCUT2D eigenvalue weighted by Crippen LogP contribution is -2.41. The molecule has 2 fully saturated rings. The molecule has 4 nitrogen and oxygen atoms in total. The molecule has 3 rings (SSSR count). The van der Waals surface area contributed by atoms with Gasteiger partial charge in [0, 0.05) is 24.1 Å². The molecule has 1 aliphatic heterocycles. The van der Waals surface area contributed by atoms with Gasteiger partial charge >= 0.3 is 12.1 Å². The van der Waals surface area contributed by atoms with Crippen molar-refractivity contribution in [3.63, 3.8) is 0 Å². The van der Waals surface area contributed by atoms with E-state index in [0.717, 1.165) is 16.9 Å². The van der Waals surface area contributed by atoms with Crippen LogP contribution in [0.2, 0.25) is 0 Å². The Hall–Kier alpha value is -1.76. The first-order valence-electron chi connectivity index (χ1n) is 6.62. The standard InChI is InChI=1S/C14H12ClF3N2O2/c15-11(19-22)8-1-3-9(4-2-8)13-5-10(13)6-20(7-13)12(21)14(16,17)18/h1-4,10,22H,5-7H2/b19-11-/t10-,13+/m1/s1. The minimum absolute atomic E-state index is 0.0586. The third kappa shape index (κ3) is 2.33. The zero-order valence-electron chi connectivity index (χ0n) is 11.3. The predicted molar refractivity (Wildman–Crippen MR) is 73.0 cm³/mol. The Labute approximate surface area is 129 Å². The van der Waals surface area contributed by atoms with Crippen molar-refractivity contribution in [1.29, 1.82) is 0 Å². The van der Waals surface area contributed by atoms with Gasteiger partial charge in [-0.15, -0.1) is 0 Å². The second-order valence-corrected chi connectivity index (χ2v) is 6.07. The number of amides is 1. The third-order valence-corrected chi connectivity index (χ3v) is 4.76. The van der Waals surface area contributed by atoms with Crippen LogP contribution in [-0.4, -0.2) is 40.5 Å². The van der Waals surface area contributed by atoms with Crippen LogP contribution in [0, 0.1) is 5.92 Å². The molecule has 1 aromatic rings. The lowest BCUT2D eigenvalue weighted by Gasteiger charge is -2.22. The monoisotopic (exact) mass is 332 g/mol. The van der Waals surface area contributed by atoms with Crippen LogP contribution < -0.4 is 0 Å². The van der Waals surface area contributed by atoms with Gasteiger partial charge in [-0.25, -0.2) is 0 Å². The highest BCUT2D eigenvalue weighted by Gasteiger charge is 2.63. The number of likely N-dealkylation sites (tertiary alicyclic amines) is 1. The van der Waals surface area contributed by atoms with E-state index in [1.165, 1.54) is 0 Å². The number of halogens is 4. The van der Waals surface area contributed by atoms with Crippen LogP contribution in [0.1, 0.15) is 17.5 Å². The van der Waals surface area contributed by atoms with Gasteiger partial charge in [-0.1, -0.05) is 41.0 Å². The van der Waals surface area contributed by atoms with Crippen molar-refractivity contribution in [1.82, 2.24) is 4.90 Å². The van der Waals surface area contributed by atoms with Gasteiger partial charge in [-0.05, 0) is 17.9 Å². The molecule has 1 amide bonds. The van der Waals surface area contributed by atoms with Crippen molar-refractivity contribution in [2.45, 2.75) is 18.0 Å². The number of carbonyl (C=O) groups is 1. The van der Waals surface area contributed by atoms with Crippen LogP contribution in [0.25, 0.3) is 0 Å². The highest BCUT2D eigenvalue weighted by molar-refractivity contribution is 6.69. The Morgan fingerprint density at radius 1 is 1.36 bits per heavy atom. The molecule has 22 heavy (non-hydrogen) atoms. The number of carbonyl (C=O) groups excluding carboxylic acids is 1. The third-order valence-electron chi connectivity index (χ3n) is 4.46. The maximum absolute atomic E-state index is 12.5. The Bertz CT molecular complexity index is 644. The fourth-order valence-corrected chi connectivity index (χ4v) is 3.39. The molecule has 1 aromatic carbocycles. The van der Waals surface area contributed by atoms with Crippen molar-refractivity contribution in [3.05, 3.63) is 35.4 Å². The lowest BCUT2D eigenvalue weighted by molar-refractivity contribution is -0.184. The second kappa shape index (κ2) is 4.87. The zero-order valence-corrected chi connectivity index (χ0v) is 12.0. The molecule has 0 radical (unpaired) electrons. The summed E-state index contributed by atoms with van der Waals surface area (Å²) in [6.07, 6.45) is -4.05. The number of hydrogen-bond acceptors (Lipinski definition) is 3. The molecule has 1 heterocycles. The van der Waals surface area contributed by atoms with E-state index in [2.05, 4.69) is 5.16 Å². The van der Waals surface area contributed by atoms with Crippen LogP contribution >= 0.6 is 11.6 Å². The molecule has 118 valence electrons. The molecular formula is C14H12ClF3N2O2. The summed E-state index contributed by atoms with van der Waals surface area (Å²) >= 11 is 5.68. The second-order valence-electron chi connectivity index (χ2n) is 5.71. The molecule has 0 unspecified atom stereocenters.